The van der Waals surface area contributed by atoms with Gasteiger partial charge in [0.05, 0.1) is 0 Å². The molecule has 0 spiro atoms. The summed E-state index contributed by atoms with van der Waals surface area (Å²) in [6.45, 7) is 0. The summed E-state index contributed by atoms with van der Waals surface area (Å²) in [4.78, 5) is 11.0. The molecule has 0 radical (unpaired) electrons. The predicted molar refractivity (Wildman–Crippen MR) is 65.7 cm³/mol. The van der Waals surface area contributed by atoms with Crippen molar-refractivity contribution < 1.29 is 17.9 Å². The van der Waals surface area contributed by atoms with Gasteiger partial charge in [0, 0.05) is 11.1 Å². The Bertz CT molecular complexity index is 662. The van der Waals surface area contributed by atoms with Gasteiger partial charge in [-0.15, -0.1) is 4.40 Å². The zero-order chi connectivity index (χ0) is 13.3. The maximum absolute atomic E-state index is 11.6. The number of amidine groups is 1. The third-order valence-corrected chi connectivity index (χ3v) is 3.55. The van der Waals surface area contributed by atoms with Crippen molar-refractivity contribution in [2.75, 3.05) is 0 Å². The van der Waals surface area contributed by atoms with Crippen molar-refractivity contribution in [2.45, 2.75) is 0 Å². The van der Waals surface area contributed by atoms with Gasteiger partial charge in [-0.05, 0) is 24.3 Å². The van der Waals surface area contributed by atoms with Crippen LogP contribution in [0, 0.1) is 0 Å². The van der Waals surface area contributed by atoms with Crippen molar-refractivity contribution in [3.05, 3.63) is 40.3 Å². The third-order valence-electron chi connectivity index (χ3n) is 2.01. The molecule has 0 bridgehead atoms. The van der Waals surface area contributed by atoms with E-state index in [9.17, 15) is 13.2 Å². The summed E-state index contributed by atoms with van der Waals surface area (Å²) in [6.07, 6.45) is 0.952. The first-order chi connectivity index (χ1) is 8.38. The highest BCUT2D eigenvalue weighted by Gasteiger charge is 2.31. The molecular weight excluding hydrogens is 280 g/mol. The molecule has 0 amide bonds. The van der Waals surface area contributed by atoms with Crippen molar-refractivity contribution in [3.8, 4) is 5.75 Å². The van der Waals surface area contributed by atoms with Crippen molar-refractivity contribution in [1.82, 2.24) is 0 Å². The number of sulfonamides is 1. The van der Waals surface area contributed by atoms with Crippen LogP contribution >= 0.6 is 11.6 Å². The Kier molecular flexibility index (Phi) is 3.10. The summed E-state index contributed by atoms with van der Waals surface area (Å²) in [7, 11) is -4.04. The van der Waals surface area contributed by atoms with Gasteiger partial charge in [-0.25, -0.2) is 4.79 Å². The average molecular weight is 287 g/mol. The number of nitrogens with two attached hydrogens (primary N) is 1. The number of hydrogen-bond acceptors (Lipinski definition) is 5. The Labute approximate surface area is 108 Å². The van der Waals surface area contributed by atoms with E-state index >= 15 is 0 Å². The molecule has 1 aromatic carbocycles. The van der Waals surface area contributed by atoms with Crippen LogP contribution in [0.4, 0.5) is 0 Å². The van der Waals surface area contributed by atoms with E-state index in [4.69, 9.17) is 22.1 Å². The standard InChI is InChI=1S/C10H7ClN2O4S/c11-6-1-3-7(4-2-6)17-10(14)8-5-9(12)13-18(8,15)16/h1-5H,(H2,12,13). The van der Waals surface area contributed by atoms with Gasteiger partial charge in [-0.2, -0.15) is 8.42 Å². The van der Waals surface area contributed by atoms with Gasteiger partial charge in [0.25, 0.3) is 10.0 Å². The van der Waals surface area contributed by atoms with Crippen molar-refractivity contribution in [1.29, 1.82) is 0 Å². The number of halogens is 1. The topological polar surface area (TPSA) is 98.8 Å². The number of nitrogens with zero attached hydrogens (tertiary/aromatic N) is 1. The highest BCUT2D eigenvalue weighted by molar-refractivity contribution is 7.95. The average Bonchev–Trinajstić information content (AvgIpc) is 2.55. The molecule has 1 aliphatic rings. The maximum Gasteiger partial charge on any atom is 0.357 e. The molecule has 2 N–H and O–H groups in total. The summed E-state index contributed by atoms with van der Waals surface area (Å²) in [5, 5.41) is 0.468. The zero-order valence-corrected chi connectivity index (χ0v) is 10.4. The molecule has 1 aromatic rings. The molecule has 0 saturated carbocycles. The first-order valence-corrected chi connectivity index (χ1v) is 6.50. The Morgan fingerprint density at radius 1 is 1.28 bits per heavy atom. The molecule has 0 aromatic heterocycles. The van der Waals surface area contributed by atoms with Crippen molar-refractivity contribution in [2.24, 2.45) is 10.1 Å². The van der Waals surface area contributed by atoms with Gasteiger partial charge >= 0.3 is 5.97 Å². The number of rotatable bonds is 2. The van der Waals surface area contributed by atoms with Gasteiger partial charge in [0.2, 0.25) is 0 Å². The maximum atomic E-state index is 11.6. The molecule has 94 valence electrons. The number of benzene rings is 1. The molecule has 0 fully saturated rings. The molecular formula is C10H7ClN2O4S. The molecule has 0 saturated heterocycles. The number of ether oxygens (including phenoxy) is 1. The van der Waals surface area contributed by atoms with E-state index in [0.717, 1.165) is 6.08 Å². The minimum atomic E-state index is -4.04. The van der Waals surface area contributed by atoms with Crippen molar-refractivity contribution >= 4 is 33.4 Å². The zero-order valence-electron chi connectivity index (χ0n) is 8.83. The van der Waals surface area contributed by atoms with E-state index in [2.05, 4.69) is 4.40 Å². The van der Waals surface area contributed by atoms with Gasteiger partial charge in [-0.3, -0.25) is 0 Å². The Balaban J connectivity index is 2.20. The fourth-order valence-electron chi connectivity index (χ4n) is 1.25. The van der Waals surface area contributed by atoms with Gasteiger partial charge in [0.1, 0.15) is 11.6 Å². The monoisotopic (exact) mass is 286 g/mol. The van der Waals surface area contributed by atoms with Crippen LogP contribution in [0.25, 0.3) is 0 Å². The van der Waals surface area contributed by atoms with Crippen LogP contribution in [0.2, 0.25) is 5.02 Å². The van der Waals surface area contributed by atoms with E-state index in [1.165, 1.54) is 24.3 Å². The first kappa shape index (κ1) is 12.6. The first-order valence-electron chi connectivity index (χ1n) is 4.68. The molecule has 0 atom stereocenters. The fourth-order valence-corrected chi connectivity index (χ4v) is 2.32. The van der Waals surface area contributed by atoms with E-state index < -0.39 is 20.9 Å². The number of carbonyl (C=O) groups is 1. The van der Waals surface area contributed by atoms with E-state index in [1.807, 2.05) is 0 Å². The summed E-state index contributed by atoms with van der Waals surface area (Å²) >= 11 is 5.66. The highest BCUT2D eigenvalue weighted by atomic mass is 35.5. The van der Waals surface area contributed by atoms with E-state index in [1.54, 1.807) is 0 Å². The number of hydrogen-bond donors (Lipinski definition) is 1. The van der Waals surface area contributed by atoms with Crippen LogP contribution in [0.3, 0.4) is 0 Å². The van der Waals surface area contributed by atoms with Crippen LogP contribution in [-0.2, 0) is 14.8 Å². The van der Waals surface area contributed by atoms with Crippen molar-refractivity contribution in [3.63, 3.8) is 0 Å². The van der Waals surface area contributed by atoms with Crippen LogP contribution in [-0.4, -0.2) is 20.2 Å². The van der Waals surface area contributed by atoms with Gasteiger partial charge in [0.15, 0.2) is 4.91 Å². The third kappa shape index (κ3) is 2.52. The molecule has 2 rings (SSSR count). The lowest BCUT2D eigenvalue weighted by Gasteiger charge is -2.03. The van der Waals surface area contributed by atoms with Crippen LogP contribution in [0.15, 0.2) is 39.6 Å². The molecule has 6 nitrogen and oxygen atoms in total. The second kappa shape index (κ2) is 4.43. The fraction of sp³-hybridized carbons (Fsp3) is 0. The summed E-state index contributed by atoms with van der Waals surface area (Å²) in [5.74, 6) is -1.12. The highest BCUT2D eigenvalue weighted by Crippen LogP contribution is 2.20. The summed E-state index contributed by atoms with van der Waals surface area (Å²) in [5.41, 5.74) is 5.22. The molecule has 0 aliphatic carbocycles. The van der Waals surface area contributed by atoms with Gasteiger partial charge in [-0.1, -0.05) is 11.6 Å². The molecule has 1 aliphatic heterocycles. The SMILES string of the molecule is NC1=NS(=O)(=O)C(C(=O)Oc2ccc(Cl)cc2)=C1. The lowest BCUT2D eigenvalue weighted by molar-refractivity contribution is -0.129. The Morgan fingerprint density at radius 3 is 2.39 bits per heavy atom. The van der Waals surface area contributed by atoms with E-state index in [0.29, 0.717) is 5.02 Å². The normalized spacial score (nSPS) is 16.9. The minimum absolute atomic E-state index is 0.172. The Morgan fingerprint density at radius 2 is 1.89 bits per heavy atom. The summed E-state index contributed by atoms with van der Waals surface area (Å²) < 4.78 is 30.8. The van der Waals surface area contributed by atoms with Crippen LogP contribution < -0.4 is 10.5 Å². The molecule has 18 heavy (non-hydrogen) atoms. The quantitative estimate of drug-likeness (QED) is 0.641. The van der Waals surface area contributed by atoms with Crippen LogP contribution in [0.5, 0.6) is 5.75 Å². The largest absolute Gasteiger partial charge is 0.422 e. The smallest absolute Gasteiger partial charge is 0.357 e. The Hall–Kier alpha value is -1.86. The number of carbonyl (C=O) groups excluding carboxylic acids is 1. The second-order valence-electron chi connectivity index (χ2n) is 3.34. The van der Waals surface area contributed by atoms with E-state index in [-0.39, 0.29) is 11.6 Å². The van der Waals surface area contributed by atoms with Crippen LogP contribution in [0.1, 0.15) is 0 Å². The second-order valence-corrected chi connectivity index (χ2v) is 5.35. The summed E-state index contributed by atoms with van der Waals surface area (Å²) in [6, 6.07) is 5.89. The lowest BCUT2D eigenvalue weighted by Crippen LogP contribution is -2.15. The van der Waals surface area contributed by atoms with Gasteiger partial charge < -0.3 is 10.5 Å². The molecule has 8 heteroatoms. The minimum Gasteiger partial charge on any atom is -0.422 e. The molecule has 1 heterocycles. The lowest BCUT2D eigenvalue weighted by atomic mass is 10.3. The molecule has 0 unspecified atom stereocenters. The number of esters is 1. The predicted octanol–water partition coefficient (Wildman–Crippen LogP) is 0.830.